The van der Waals surface area contributed by atoms with Crippen LogP contribution < -0.4 is 4.74 Å². The molecular weight excluding hydrogens is 1650 g/mol. The highest BCUT2D eigenvalue weighted by Gasteiger charge is 2.14. The summed E-state index contributed by atoms with van der Waals surface area (Å²) in [5, 5.41) is 0. The van der Waals surface area contributed by atoms with Crippen molar-refractivity contribution < 1.29 is 17.9 Å². The zero-order valence-electron chi connectivity index (χ0n) is 87.7. The van der Waals surface area contributed by atoms with Gasteiger partial charge in [0.2, 0.25) is 0 Å². The van der Waals surface area contributed by atoms with Crippen molar-refractivity contribution in [1.29, 1.82) is 0 Å². The van der Waals surface area contributed by atoms with Gasteiger partial charge in [0.05, 0.1) is 0 Å². The number of aryl methyl sites for hydroxylation is 11. The van der Waals surface area contributed by atoms with Gasteiger partial charge < -0.3 is 4.74 Å². The first kappa shape index (κ1) is 115. The van der Waals surface area contributed by atoms with Crippen molar-refractivity contribution in [3.8, 4) is 44.9 Å². The number of halogens is 3. The van der Waals surface area contributed by atoms with Crippen LogP contribution in [-0.4, -0.2) is 0 Å². The summed E-state index contributed by atoms with van der Waals surface area (Å²) in [6.07, 6.45) is 24.0. The Morgan fingerprint density at radius 3 is 1.07 bits per heavy atom. The van der Waals surface area contributed by atoms with Crippen molar-refractivity contribution in [3.63, 3.8) is 0 Å². The van der Waals surface area contributed by atoms with E-state index < -0.39 is 11.6 Å². The highest BCUT2D eigenvalue weighted by Crippen LogP contribution is 2.32. The minimum absolute atomic E-state index is 0.0637. The second-order valence-corrected chi connectivity index (χ2v) is 40.6. The highest BCUT2D eigenvalue weighted by molar-refractivity contribution is 5.71. The van der Waals surface area contributed by atoms with Crippen LogP contribution in [0.1, 0.15) is 280 Å². The summed E-state index contributed by atoms with van der Waals surface area (Å²) in [5.41, 5.74) is 26.4. The molecule has 13 rings (SSSR count). The van der Waals surface area contributed by atoms with E-state index in [0.717, 1.165) is 90.6 Å². The number of hydrogen-bond acceptors (Lipinski definition) is 1. The molecule has 0 amide bonds. The van der Waals surface area contributed by atoms with Crippen molar-refractivity contribution in [1.82, 2.24) is 0 Å². The first-order chi connectivity index (χ1) is 64.8. The summed E-state index contributed by atoms with van der Waals surface area (Å²) in [6.45, 7) is 51.5. The molecule has 0 heterocycles. The standard InChI is InChI=1S/2C18H22.C17H20O.C17H20.C13H20.C12H16F2.C12H17F.2C12H18/c1-14(2)12-13-17-11-7-8-15(3)18(17)16-9-5-4-6-10-16;1-14(2)12-13-16-10-7-11-18(15(16)3)17-8-5-4-6-9-17;1-14(2)12-13-15-8-6-7-11-17(15)18-16-9-4-3-5-10-16;1-14(2)11-12-15-7-6-10-17(13-15)16-8-4-3-5-9-16;1-10(2)8-9-13-7-5-6-11(3)12(13)4;1-9(2)5-3-6-10-11(13)7-4-8-12(10)14;1-10(2)6-5-8-11-7-3-4-9-12(11)13;1-10(2)7-8-12-6-4-5-11(3)9-12;1-11(2)7-6-10-12-8-4-3-5-9-12/h2*4-11,14H,12-13H2,1-3H3;3-11,14H,12-13H2,1-2H3;3-10,13-14H,11-12H2,1-2H3;5-7,10H,8-9H2,1-4H3;4,7-9H,3,5-6H2,1-2H3;3-4,7,9-10H,5-6,8H2,1-2H3;4-6,9-10H,7-8H2,1-3H3;3-5,8-9,11H,6-7,10H2,1-2H3. The van der Waals surface area contributed by atoms with Gasteiger partial charge in [-0.25, -0.2) is 13.2 Å². The number of hydrogen-bond donors (Lipinski definition) is 0. The Balaban J connectivity index is 0.000000270. The van der Waals surface area contributed by atoms with E-state index in [4.69, 9.17) is 4.74 Å². The molecule has 0 spiro atoms. The van der Waals surface area contributed by atoms with Crippen molar-refractivity contribution in [2.45, 2.75) is 294 Å². The monoisotopic (exact) mass is 1820 g/mol. The minimum atomic E-state index is -0.422. The Hall–Kier alpha value is -10.6. The van der Waals surface area contributed by atoms with Crippen LogP contribution >= 0.6 is 0 Å². The number of para-hydroxylation sites is 2. The van der Waals surface area contributed by atoms with Crippen LogP contribution in [-0.2, 0) is 57.8 Å². The maximum Gasteiger partial charge on any atom is 0.130 e. The maximum absolute atomic E-state index is 13.1. The third-order valence-electron chi connectivity index (χ3n) is 24.3. The van der Waals surface area contributed by atoms with E-state index in [1.807, 2.05) is 54.6 Å². The Kier molecular flexibility index (Phi) is 56.9. The average Bonchev–Trinajstić information content (AvgIpc) is 0.899. The summed E-state index contributed by atoms with van der Waals surface area (Å²) >= 11 is 0. The van der Waals surface area contributed by atoms with Crippen LogP contribution in [0.2, 0.25) is 0 Å². The molecule has 0 aliphatic carbocycles. The molecule has 4 heteroatoms. The van der Waals surface area contributed by atoms with Crippen LogP contribution in [0.25, 0.3) is 33.4 Å². The molecule has 0 saturated carbocycles. The maximum atomic E-state index is 13.1. The lowest BCUT2D eigenvalue weighted by molar-refractivity contribution is 0.471. The van der Waals surface area contributed by atoms with E-state index in [9.17, 15) is 13.2 Å². The smallest absolute Gasteiger partial charge is 0.130 e. The molecule has 0 aliphatic heterocycles. The quantitative estimate of drug-likeness (QED) is 0.0385. The van der Waals surface area contributed by atoms with Gasteiger partial charge in [0, 0.05) is 5.56 Å². The molecule has 0 atom stereocenters. The minimum Gasteiger partial charge on any atom is -0.457 e. The van der Waals surface area contributed by atoms with Gasteiger partial charge >= 0.3 is 0 Å². The van der Waals surface area contributed by atoms with Gasteiger partial charge in [-0.15, -0.1) is 0 Å². The van der Waals surface area contributed by atoms with Crippen LogP contribution in [0.4, 0.5) is 13.2 Å². The molecule has 724 valence electrons. The molecule has 0 aromatic heterocycles. The third kappa shape index (κ3) is 49.7. The van der Waals surface area contributed by atoms with E-state index in [0.29, 0.717) is 18.3 Å². The number of ether oxygens (including phenoxy) is 1. The van der Waals surface area contributed by atoms with E-state index in [1.165, 1.54) is 221 Å². The van der Waals surface area contributed by atoms with Crippen LogP contribution in [0.5, 0.6) is 11.5 Å². The fourth-order valence-corrected chi connectivity index (χ4v) is 15.7. The molecule has 13 aromatic rings. The molecule has 0 fully saturated rings. The molecule has 0 aliphatic rings. The predicted octanol–water partition coefficient (Wildman–Crippen LogP) is 39.4. The fourth-order valence-electron chi connectivity index (χ4n) is 15.7. The van der Waals surface area contributed by atoms with Gasteiger partial charge in [0.1, 0.15) is 29.0 Å². The van der Waals surface area contributed by atoms with Gasteiger partial charge in [-0.05, 0) is 340 Å². The first-order valence-corrected chi connectivity index (χ1v) is 51.3. The Labute approximate surface area is 821 Å². The molecule has 0 N–H and O–H groups in total. The van der Waals surface area contributed by atoms with Crippen LogP contribution in [0, 0.1) is 105 Å². The largest absolute Gasteiger partial charge is 0.457 e. The predicted molar refractivity (Wildman–Crippen MR) is 587 cm³/mol. The van der Waals surface area contributed by atoms with E-state index in [2.05, 4.69) is 396 Å². The van der Waals surface area contributed by atoms with Crippen LogP contribution in [0.15, 0.2) is 322 Å². The van der Waals surface area contributed by atoms with E-state index >= 15 is 0 Å². The highest BCUT2D eigenvalue weighted by atomic mass is 19.1. The Bertz CT molecular complexity index is 5210. The summed E-state index contributed by atoms with van der Waals surface area (Å²) in [7, 11) is 0. The lowest BCUT2D eigenvalue weighted by Gasteiger charge is -2.14. The molecule has 0 saturated heterocycles. The van der Waals surface area contributed by atoms with Crippen molar-refractivity contribution in [3.05, 3.63) is 417 Å². The molecule has 1 nitrogen and oxygen atoms in total. The molecule has 0 radical (unpaired) electrons. The summed E-state index contributed by atoms with van der Waals surface area (Å²) in [5.74, 6) is 7.74. The second kappa shape index (κ2) is 66.8. The number of benzene rings is 13. The van der Waals surface area contributed by atoms with Gasteiger partial charge in [-0.2, -0.15) is 0 Å². The lowest BCUT2D eigenvalue weighted by atomic mass is 9.91. The zero-order valence-corrected chi connectivity index (χ0v) is 87.7. The molecule has 0 bridgehead atoms. The molecule has 135 heavy (non-hydrogen) atoms. The number of rotatable bonds is 35. The average molecular weight is 1820 g/mol. The summed E-state index contributed by atoms with van der Waals surface area (Å²) < 4.78 is 45.3. The Morgan fingerprint density at radius 2 is 0.563 bits per heavy atom. The molecule has 13 aromatic carbocycles. The summed E-state index contributed by atoms with van der Waals surface area (Å²) in [6, 6.07) is 110. The Morgan fingerprint density at radius 1 is 0.222 bits per heavy atom. The van der Waals surface area contributed by atoms with E-state index in [1.54, 1.807) is 6.07 Å². The topological polar surface area (TPSA) is 9.23 Å². The van der Waals surface area contributed by atoms with Crippen molar-refractivity contribution >= 4 is 0 Å². The normalized spacial score (nSPS) is 10.8. The van der Waals surface area contributed by atoms with Gasteiger partial charge in [-0.1, -0.05) is 435 Å². The SMILES string of the molecule is CC(C)CCCc1c(F)cccc1F.CC(C)CCCc1ccccc1.CC(C)CCCc1ccccc1F.CC(C)CCc1cccc(-c2ccccc2)c1.CC(C)CCc1ccccc1Oc1ccccc1.Cc1c(CCC(C)C)cccc1-c1ccccc1.Cc1cccc(CCC(C)C)c1.Cc1cccc(CCC(C)C)c1-c1ccccc1.Cc1cccc(CCC(C)C)c1C. The lowest BCUT2D eigenvalue weighted by Crippen LogP contribution is -1.97. The zero-order chi connectivity index (χ0) is 98.7. The van der Waals surface area contributed by atoms with Gasteiger partial charge in [0.15, 0.2) is 0 Å². The van der Waals surface area contributed by atoms with Gasteiger partial charge in [0.25, 0.3) is 0 Å². The first-order valence-electron chi connectivity index (χ1n) is 51.3. The second-order valence-electron chi connectivity index (χ2n) is 40.6. The van der Waals surface area contributed by atoms with E-state index in [-0.39, 0.29) is 11.4 Å². The van der Waals surface area contributed by atoms with Crippen LogP contribution in [0.3, 0.4) is 0 Å². The van der Waals surface area contributed by atoms with Crippen molar-refractivity contribution in [2.24, 2.45) is 53.3 Å². The van der Waals surface area contributed by atoms with Gasteiger partial charge in [-0.3, -0.25) is 0 Å². The molecule has 0 unspecified atom stereocenters. The summed E-state index contributed by atoms with van der Waals surface area (Å²) in [4.78, 5) is 0. The van der Waals surface area contributed by atoms with Crippen molar-refractivity contribution in [2.75, 3.05) is 0 Å². The third-order valence-corrected chi connectivity index (χ3v) is 24.3. The molecular formula is C131H173F3O. The fraction of sp³-hybridized carbons (Fsp3) is 0.405.